The maximum Gasteiger partial charge on any atom is 0.312 e. The molecule has 1 atom stereocenters. The summed E-state index contributed by atoms with van der Waals surface area (Å²) in [4.78, 5) is 33.9. The van der Waals surface area contributed by atoms with Gasteiger partial charge in [-0.05, 0) is 25.0 Å². The standard InChI is InChI=1S/C22H27N3O5/c26-20(13-19-23-17-3-1-2-4-18(17)30-19)25-7-5-22(6-8-25)14-16(29-21(22)27)15-24-9-11-28-12-10-24/h1-4,16H,5-15H2. The Morgan fingerprint density at radius 1 is 1.13 bits per heavy atom. The van der Waals surface area contributed by atoms with Gasteiger partial charge in [0.2, 0.25) is 11.8 Å². The average Bonchev–Trinajstić information content (AvgIpc) is 3.29. The molecule has 1 spiro atoms. The third-order valence-electron chi connectivity index (χ3n) is 6.60. The fourth-order valence-corrected chi connectivity index (χ4v) is 4.84. The van der Waals surface area contributed by atoms with Gasteiger partial charge in [0, 0.05) is 39.1 Å². The van der Waals surface area contributed by atoms with E-state index in [0.717, 1.165) is 44.8 Å². The largest absolute Gasteiger partial charge is 0.461 e. The van der Waals surface area contributed by atoms with Gasteiger partial charge in [0.15, 0.2) is 5.58 Å². The van der Waals surface area contributed by atoms with Gasteiger partial charge >= 0.3 is 5.97 Å². The number of esters is 1. The Labute approximate surface area is 175 Å². The molecule has 8 nitrogen and oxygen atoms in total. The Bertz CT molecular complexity index is 895. The normalized spacial score (nSPS) is 24.5. The average molecular weight is 413 g/mol. The van der Waals surface area contributed by atoms with E-state index >= 15 is 0 Å². The molecule has 1 aromatic carbocycles. The summed E-state index contributed by atoms with van der Waals surface area (Å²) in [7, 11) is 0. The van der Waals surface area contributed by atoms with Crippen molar-refractivity contribution in [1.29, 1.82) is 0 Å². The zero-order chi connectivity index (χ0) is 20.6. The van der Waals surface area contributed by atoms with Crippen LogP contribution >= 0.6 is 0 Å². The Morgan fingerprint density at radius 2 is 1.90 bits per heavy atom. The van der Waals surface area contributed by atoms with Crippen molar-refractivity contribution in [3.63, 3.8) is 0 Å². The predicted octanol–water partition coefficient (Wildman–Crippen LogP) is 1.63. The third kappa shape index (κ3) is 3.81. The number of nitrogens with zero attached hydrogens (tertiary/aromatic N) is 3. The van der Waals surface area contributed by atoms with E-state index in [1.54, 1.807) is 0 Å². The first-order valence-electron chi connectivity index (χ1n) is 10.7. The number of piperidine rings is 1. The lowest BCUT2D eigenvalue weighted by atomic mass is 9.76. The maximum atomic E-state index is 12.7. The number of hydrogen-bond donors (Lipinski definition) is 0. The van der Waals surface area contributed by atoms with E-state index in [9.17, 15) is 9.59 Å². The Morgan fingerprint density at radius 3 is 2.67 bits per heavy atom. The summed E-state index contributed by atoms with van der Waals surface area (Å²) in [6.07, 6.45) is 2.15. The minimum Gasteiger partial charge on any atom is -0.461 e. The van der Waals surface area contributed by atoms with Gasteiger partial charge in [-0.2, -0.15) is 0 Å². The highest BCUT2D eigenvalue weighted by Crippen LogP contribution is 2.43. The van der Waals surface area contributed by atoms with Crippen LogP contribution in [0.5, 0.6) is 0 Å². The topological polar surface area (TPSA) is 85.1 Å². The number of cyclic esters (lactones) is 1. The predicted molar refractivity (Wildman–Crippen MR) is 108 cm³/mol. The summed E-state index contributed by atoms with van der Waals surface area (Å²) in [6.45, 7) is 5.17. The molecule has 3 fully saturated rings. The van der Waals surface area contributed by atoms with Crippen molar-refractivity contribution in [2.45, 2.75) is 31.8 Å². The number of aromatic nitrogens is 1. The first-order valence-corrected chi connectivity index (χ1v) is 10.7. The van der Waals surface area contributed by atoms with Crippen LogP contribution in [-0.4, -0.2) is 78.7 Å². The number of para-hydroxylation sites is 2. The smallest absolute Gasteiger partial charge is 0.312 e. The number of morpholine rings is 1. The Balaban J connectivity index is 1.16. The lowest BCUT2D eigenvalue weighted by Crippen LogP contribution is -2.45. The molecule has 0 radical (unpaired) electrons. The van der Waals surface area contributed by atoms with E-state index in [1.807, 2.05) is 29.2 Å². The summed E-state index contributed by atoms with van der Waals surface area (Å²) < 4.78 is 16.8. The van der Waals surface area contributed by atoms with Crippen LogP contribution in [0.3, 0.4) is 0 Å². The van der Waals surface area contributed by atoms with Crippen LogP contribution in [0.1, 0.15) is 25.2 Å². The Kier molecular flexibility index (Phi) is 5.20. The van der Waals surface area contributed by atoms with E-state index in [1.165, 1.54) is 0 Å². The second kappa shape index (κ2) is 8.00. The zero-order valence-corrected chi connectivity index (χ0v) is 17.0. The summed E-state index contributed by atoms with van der Waals surface area (Å²) in [5.74, 6) is 0.340. The van der Waals surface area contributed by atoms with Crippen molar-refractivity contribution in [3.05, 3.63) is 30.2 Å². The van der Waals surface area contributed by atoms with Crippen molar-refractivity contribution in [2.75, 3.05) is 45.9 Å². The highest BCUT2D eigenvalue weighted by Gasteiger charge is 2.51. The lowest BCUT2D eigenvalue weighted by molar-refractivity contribution is -0.153. The maximum absolute atomic E-state index is 12.7. The second-order valence-corrected chi connectivity index (χ2v) is 8.56. The number of carbonyl (C=O) groups excluding carboxylic acids is 2. The highest BCUT2D eigenvalue weighted by atomic mass is 16.6. The minimum absolute atomic E-state index is 0.00682. The van der Waals surface area contributed by atoms with Gasteiger partial charge in [0.1, 0.15) is 18.0 Å². The number of carbonyl (C=O) groups is 2. The number of ether oxygens (including phenoxy) is 2. The molecule has 0 N–H and O–H groups in total. The molecule has 3 aliphatic rings. The molecular weight excluding hydrogens is 386 g/mol. The minimum atomic E-state index is -0.439. The van der Waals surface area contributed by atoms with Crippen molar-refractivity contribution >= 4 is 23.0 Å². The molecule has 1 unspecified atom stereocenters. The number of benzene rings is 1. The van der Waals surface area contributed by atoms with Crippen LogP contribution in [-0.2, 0) is 25.5 Å². The number of likely N-dealkylation sites (tertiary alicyclic amines) is 1. The van der Waals surface area contributed by atoms with Gasteiger partial charge in [0.25, 0.3) is 0 Å². The van der Waals surface area contributed by atoms with Gasteiger partial charge < -0.3 is 18.8 Å². The van der Waals surface area contributed by atoms with Crippen LogP contribution in [0.4, 0.5) is 0 Å². The number of rotatable bonds is 4. The fraction of sp³-hybridized carbons (Fsp3) is 0.591. The lowest BCUT2D eigenvalue weighted by Gasteiger charge is -2.36. The van der Waals surface area contributed by atoms with Crippen molar-refractivity contribution in [3.8, 4) is 0 Å². The van der Waals surface area contributed by atoms with Crippen LogP contribution in [0.2, 0.25) is 0 Å². The summed E-state index contributed by atoms with van der Waals surface area (Å²) in [6, 6.07) is 7.50. The zero-order valence-electron chi connectivity index (χ0n) is 17.0. The first-order chi connectivity index (χ1) is 14.6. The molecule has 8 heteroatoms. The molecule has 4 heterocycles. The Hall–Kier alpha value is -2.45. The summed E-state index contributed by atoms with van der Waals surface area (Å²) >= 11 is 0. The molecular formula is C22H27N3O5. The molecule has 30 heavy (non-hydrogen) atoms. The van der Waals surface area contributed by atoms with Crippen LogP contribution < -0.4 is 0 Å². The van der Waals surface area contributed by atoms with E-state index < -0.39 is 5.41 Å². The summed E-state index contributed by atoms with van der Waals surface area (Å²) in [5.41, 5.74) is 1.02. The molecule has 5 rings (SSSR count). The highest BCUT2D eigenvalue weighted by molar-refractivity contribution is 5.82. The van der Waals surface area contributed by atoms with Gasteiger partial charge in [-0.3, -0.25) is 14.5 Å². The van der Waals surface area contributed by atoms with Crippen molar-refractivity contribution in [2.24, 2.45) is 5.41 Å². The molecule has 1 amide bonds. The quantitative estimate of drug-likeness (QED) is 0.704. The number of fused-ring (bicyclic) bond motifs is 1. The van der Waals surface area contributed by atoms with Gasteiger partial charge in [0.05, 0.1) is 18.6 Å². The van der Waals surface area contributed by atoms with E-state index in [0.29, 0.717) is 37.4 Å². The second-order valence-electron chi connectivity index (χ2n) is 8.56. The molecule has 1 aromatic heterocycles. The van der Waals surface area contributed by atoms with Crippen LogP contribution in [0.25, 0.3) is 11.1 Å². The number of oxazole rings is 1. The molecule has 0 aliphatic carbocycles. The van der Waals surface area contributed by atoms with Gasteiger partial charge in [-0.15, -0.1) is 0 Å². The van der Waals surface area contributed by atoms with Crippen LogP contribution in [0.15, 0.2) is 28.7 Å². The fourth-order valence-electron chi connectivity index (χ4n) is 4.84. The molecule has 0 saturated carbocycles. The monoisotopic (exact) mass is 413 g/mol. The number of hydrogen-bond acceptors (Lipinski definition) is 7. The number of amides is 1. The van der Waals surface area contributed by atoms with Gasteiger partial charge in [-0.1, -0.05) is 12.1 Å². The molecule has 160 valence electrons. The van der Waals surface area contributed by atoms with Gasteiger partial charge in [-0.25, -0.2) is 4.98 Å². The summed E-state index contributed by atoms with van der Waals surface area (Å²) in [5, 5.41) is 0. The van der Waals surface area contributed by atoms with Crippen molar-refractivity contribution in [1.82, 2.24) is 14.8 Å². The van der Waals surface area contributed by atoms with E-state index in [-0.39, 0.29) is 24.4 Å². The molecule has 0 bridgehead atoms. The SMILES string of the molecule is O=C(Cc1nc2ccccc2o1)N1CCC2(CC1)CC(CN1CCOCC1)OC2=O. The molecule has 3 aliphatic heterocycles. The first kappa shape index (κ1) is 19.5. The molecule has 3 saturated heterocycles. The molecule has 2 aromatic rings. The van der Waals surface area contributed by atoms with E-state index in [4.69, 9.17) is 13.9 Å². The van der Waals surface area contributed by atoms with Crippen molar-refractivity contribution < 1.29 is 23.5 Å². The van der Waals surface area contributed by atoms with Crippen LogP contribution in [0, 0.1) is 5.41 Å². The third-order valence-corrected chi connectivity index (χ3v) is 6.60. The van der Waals surface area contributed by atoms with E-state index in [2.05, 4.69) is 9.88 Å².